The number of aryl methyl sites for hydroxylation is 1. The molecule has 1 aliphatic carbocycles. The third-order valence-corrected chi connectivity index (χ3v) is 6.08. The van der Waals surface area contributed by atoms with Crippen LogP contribution in [0.25, 0.3) is 16.8 Å². The molecule has 0 saturated carbocycles. The van der Waals surface area contributed by atoms with Crippen LogP contribution < -0.4 is 0 Å². The number of aromatic nitrogens is 1. The van der Waals surface area contributed by atoms with Crippen molar-refractivity contribution in [3.8, 4) is 17.3 Å². The van der Waals surface area contributed by atoms with Gasteiger partial charge in [-0.2, -0.15) is 5.26 Å². The van der Waals surface area contributed by atoms with Crippen LogP contribution in [0.5, 0.6) is 0 Å². The first-order valence-corrected chi connectivity index (χ1v) is 12.3. The fourth-order valence-electron chi connectivity index (χ4n) is 3.98. The molecule has 2 aromatic rings. The molecule has 3 rings (SSSR count). The van der Waals surface area contributed by atoms with Gasteiger partial charge in [-0.05, 0) is 79.9 Å². The Hall–Kier alpha value is -3.25. The molecule has 0 N–H and O–H groups in total. The van der Waals surface area contributed by atoms with E-state index in [0.29, 0.717) is 17.9 Å². The lowest BCUT2D eigenvalue weighted by Gasteiger charge is -2.17. The van der Waals surface area contributed by atoms with Crippen molar-refractivity contribution in [3.05, 3.63) is 95.5 Å². The van der Waals surface area contributed by atoms with Crippen LogP contribution in [0.3, 0.4) is 0 Å². The van der Waals surface area contributed by atoms with Crippen molar-refractivity contribution < 1.29 is 4.39 Å². The zero-order valence-corrected chi connectivity index (χ0v) is 21.1. The highest BCUT2D eigenvalue weighted by molar-refractivity contribution is 5.71. The van der Waals surface area contributed by atoms with Crippen molar-refractivity contribution in [2.24, 2.45) is 5.92 Å². The van der Waals surface area contributed by atoms with Gasteiger partial charge in [0.1, 0.15) is 5.83 Å². The summed E-state index contributed by atoms with van der Waals surface area (Å²) in [5, 5.41) is 9.51. The van der Waals surface area contributed by atoms with Crippen LogP contribution in [-0.2, 0) is 6.42 Å². The predicted molar refractivity (Wildman–Crippen MR) is 150 cm³/mol. The van der Waals surface area contributed by atoms with E-state index in [4.69, 9.17) is 4.98 Å². The molecule has 0 spiro atoms. The fraction of sp³-hybridized carbons (Fsp3) is 0.375. The van der Waals surface area contributed by atoms with Crippen LogP contribution in [0.1, 0.15) is 84.0 Å². The first-order valence-electron chi connectivity index (χ1n) is 12.3. The molecule has 186 valence electrons. The molecule has 0 bridgehead atoms. The second kappa shape index (κ2) is 14.9. The van der Waals surface area contributed by atoms with E-state index in [-0.39, 0.29) is 13.3 Å². The zero-order valence-electron chi connectivity index (χ0n) is 21.1. The summed E-state index contributed by atoms with van der Waals surface area (Å²) < 4.78 is 13.6. The molecule has 0 fully saturated rings. The highest BCUT2D eigenvalue weighted by Crippen LogP contribution is 2.31. The minimum atomic E-state index is -0.0291. The Morgan fingerprint density at radius 2 is 1.86 bits per heavy atom. The average Bonchev–Trinajstić information content (AvgIpc) is 2.85. The van der Waals surface area contributed by atoms with Gasteiger partial charge in [0.05, 0.1) is 17.3 Å². The van der Waals surface area contributed by atoms with Gasteiger partial charge in [0, 0.05) is 17.7 Å². The summed E-state index contributed by atoms with van der Waals surface area (Å²) in [5.41, 5.74) is 7.54. The molecule has 1 unspecified atom stereocenters. The molecule has 0 radical (unpaired) electrons. The van der Waals surface area contributed by atoms with Gasteiger partial charge in [-0.1, -0.05) is 77.3 Å². The number of nitriles is 1. The van der Waals surface area contributed by atoms with Gasteiger partial charge in [-0.25, -0.2) is 4.39 Å². The van der Waals surface area contributed by atoms with E-state index in [1.54, 1.807) is 6.08 Å². The predicted octanol–water partition coefficient (Wildman–Crippen LogP) is 9.79. The lowest BCUT2D eigenvalue weighted by atomic mass is 9.90. The minimum absolute atomic E-state index is 0. The maximum Gasteiger partial charge on any atom is 0.100 e. The molecule has 0 aliphatic heterocycles. The van der Waals surface area contributed by atoms with Crippen LogP contribution in [0.4, 0.5) is 4.39 Å². The minimum Gasteiger partial charge on any atom is -0.252 e. The number of hydrogen-bond donors (Lipinski definition) is 0. The Kier molecular flexibility index (Phi) is 12.7. The Labute approximate surface area is 212 Å². The van der Waals surface area contributed by atoms with E-state index in [2.05, 4.69) is 38.3 Å². The van der Waals surface area contributed by atoms with Crippen LogP contribution in [0, 0.1) is 17.2 Å². The summed E-state index contributed by atoms with van der Waals surface area (Å²) >= 11 is 0. The van der Waals surface area contributed by atoms with Gasteiger partial charge >= 0.3 is 0 Å². The number of hydrogen-bond acceptors (Lipinski definition) is 2. The van der Waals surface area contributed by atoms with Crippen LogP contribution in [-0.4, -0.2) is 4.98 Å². The zero-order chi connectivity index (χ0) is 25.1. The first kappa shape index (κ1) is 29.8. The average molecular weight is 473 g/mol. The van der Waals surface area contributed by atoms with Crippen molar-refractivity contribution in [1.29, 1.82) is 5.26 Å². The summed E-state index contributed by atoms with van der Waals surface area (Å²) in [6.07, 6.45) is 8.38. The number of nitrogens with zero attached hydrogens (tertiary/aromatic N) is 2. The first-order chi connectivity index (χ1) is 16.4. The third kappa shape index (κ3) is 8.48. The largest absolute Gasteiger partial charge is 0.252 e. The molecule has 1 atom stereocenters. The lowest BCUT2D eigenvalue weighted by Crippen LogP contribution is -2.03. The summed E-state index contributed by atoms with van der Waals surface area (Å²) in [7, 11) is 0. The molecule has 35 heavy (non-hydrogen) atoms. The van der Waals surface area contributed by atoms with Gasteiger partial charge in [0.25, 0.3) is 0 Å². The van der Waals surface area contributed by atoms with Gasteiger partial charge in [0.2, 0.25) is 0 Å². The number of benzene rings is 1. The van der Waals surface area contributed by atoms with Gasteiger partial charge in [-0.3, -0.25) is 4.98 Å². The molecular weight excluding hydrogens is 431 g/mol. The Morgan fingerprint density at radius 1 is 1.14 bits per heavy atom. The molecular formula is C32H41FN2. The van der Waals surface area contributed by atoms with Crippen molar-refractivity contribution >= 4 is 5.57 Å². The maximum atomic E-state index is 13.6. The molecule has 0 saturated heterocycles. The smallest absolute Gasteiger partial charge is 0.100 e. The Balaban J connectivity index is 0.00000199. The van der Waals surface area contributed by atoms with Crippen molar-refractivity contribution in [1.82, 2.24) is 4.98 Å². The summed E-state index contributed by atoms with van der Waals surface area (Å²) in [6, 6.07) is 13.9. The fourth-order valence-corrected chi connectivity index (χ4v) is 3.98. The standard InChI is InChI=1S/C29H31FN2.C2H6.CH4/c1-20(2)21(3)17-22(4)26-15-16-29(27-13-6-5-11-24(27)19-31)32-28(26)14-8-10-23-9-7-12-25(30)18-23;1-2;/h5-6,9,11,13,15-16,18,21H,1,4,7-8,10,12,14,17H2,2-3H3;1-2H3;1H4. The summed E-state index contributed by atoms with van der Waals surface area (Å²) in [4.78, 5) is 4.98. The highest BCUT2D eigenvalue weighted by atomic mass is 19.1. The summed E-state index contributed by atoms with van der Waals surface area (Å²) in [5.74, 6) is 0.313. The van der Waals surface area contributed by atoms with Gasteiger partial charge in [0.15, 0.2) is 0 Å². The molecule has 1 aromatic carbocycles. The molecule has 2 nitrogen and oxygen atoms in total. The number of halogens is 1. The van der Waals surface area contributed by atoms with Gasteiger partial charge < -0.3 is 0 Å². The maximum absolute atomic E-state index is 13.6. The molecule has 3 heteroatoms. The third-order valence-electron chi connectivity index (χ3n) is 6.08. The van der Waals surface area contributed by atoms with Crippen LogP contribution in [0.15, 0.2) is 78.7 Å². The second-order valence-electron chi connectivity index (χ2n) is 8.67. The van der Waals surface area contributed by atoms with E-state index >= 15 is 0 Å². The number of pyridine rings is 1. The topological polar surface area (TPSA) is 36.7 Å². The SMILES string of the molecule is C.C=C(CC(C)C(=C)C)c1ccc(-c2ccccc2C#N)nc1CCCC1=CCCC(F)=C1.CC. The second-order valence-corrected chi connectivity index (χ2v) is 8.67. The molecule has 1 aliphatic rings. The summed E-state index contributed by atoms with van der Waals surface area (Å²) in [6.45, 7) is 16.6. The van der Waals surface area contributed by atoms with Gasteiger partial charge in [-0.15, -0.1) is 0 Å². The Morgan fingerprint density at radius 3 is 2.51 bits per heavy atom. The number of allylic oxidation sites excluding steroid dienone is 6. The van der Waals surface area contributed by atoms with E-state index in [1.807, 2.05) is 51.1 Å². The number of rotatable bonds is 9. The van der Waals surface area contributed by atoms with Crippen LogP contribution in [0.2, 0.25) is 0 Å². The van der Waals surface area contributed by atoms with Crippen LogP contribution >= 0.6 is 0 Å². The highest BCUT2D eigenvalue weighted by Gasteiger charge is 2.15. The van der Waals surface area contributed by atoms with Crippen molar-refractivity contribution in [2.75, 3.05) is 0 Å². The molecule has 0 amide bonds. The van der Waals surface area contributed by atoms with E-state index in [9.17, 15) is 9.65 Å². The van der Waals surface area contributed by atoms with E-state index < -0.39 is 0 Å². The van der Waals surface area contributed by atoms with Crippen molar-refractivity contribution in [2.45, 2.75) is 73.6 Å². The Bertz CT molecular complexity index is 1110. The molecule has 1 heterocycles. The van der Waals surface area contributed by atoms with E-state index in [1.165, 1.54) is 0 Å². The normalized spacial score (nSPS) is 13.1. The van der Waals surface area contributed by atoms with E-state index in [0.717, 1.165) is 71.3 Å². The quantitative estimate of drug-likeness (QED) is 0.340. The van der Waals surface area contributed by atoms with Crippen molar-refractivity contribution in [3.63, 3.8) is 0 Å². The lowest BCUT2D eigenvalue weighted by molar-refractivity contribution is 0.582. The monoisotopic (exact) mass is 472 g/mol. The molecule has 1 aromatic heterocycles.